The molecule has 3 aromatic rings. The second-order valence-corrected chi connectivity index (χ2v) is 4.78. The molecule has 0 atom stereocenters. The van der Waals surface area contributed by atoms with Crippen molar-refractivity contribution in [3.8, 4) is 22.6 Å². The summed E-state index contributed by atoms with van der Waals surface area (Å²) in [6, 6.07) is 17.9. The van der Waals surface area contributed by atoms with Gasteiger partial charge < -0.3 is 10.1 Å². The van der Waals surface area contributed by atoms with E-state index in [9.17, 15) is 0 Å². The zero-order chi connectivity index (χ0) is 13.9. The molecule has 0 saturated heterocycles. The Morgan fingerprint density at radius 3 is 2.30 bits per heavy atom. The van der Waals surface area contributed by atoms with E-state index in [1.54, 1.807) is 0 Å². The summed E-state index contributed by atoms with van der Waals surface area (Å²) in [5.41, 5.74) is 5.07. The van der Waals surface area contributed by atoms with Gasteiger partial charge in [0.2, 0.25) is 0 Å². The summed E-state index contributed by atoms with van der Waals surface area (Å²) >= 11 is 0. The number of rotatable bonds is 3. The highest BCUT2D eigenvalue weighted by molar-refractivity contribution is 5.67. The van der Waals surface area contributed by atoms with Gasteiger partial charge in [-0.1, -0.05) is 54.6 Å². The van der Waals surface area contributed by atoms with Gasteiger partial charge in [0.05, 0.1) is 12.3 Å². The molecule has 2 aromatic carbocycles. The van der Waals surface area contributed by atoms with E-state index in [0.29, 0.717) is 0 Å². The number of aliphatic hydroxyl groups is 1. The maximum absolute atomic E-state index is 9.07. The molecule has 100 valence electrons. The molecule has 20 heavy (non-hydrogen) atoms. The summed E-state index contributed by atoms with van der Waals surface area (Å²) in [5, 5.41) is 9.07. The number of hydrogen-bond donors (Lipinski definition) is 2. The van der Waals surface area contributed by atoms with Crippen LogP contribution in [-0.2, 0) is 6.61 Å². The van der Waals surface area contributed by atoms with Gasteiger partial charge in [0.25, 0.3) is 0 Å². The first-order valence-electron chi connectivity index (χ1n) is 6.60. The Hall–Kier alpha value is -2.39. The third kappa shape index (κ3) is 2.36. The van der Waals surface area contributed by atoms with Crippen LogP contribution >= 0.6 is 0 Å². The number of aromatic nitrogens is 2. The fourth-order valence-electron chi connectivity index (χ4n) is 2.24. The standard InChI is InChI=1S/C17H16N2O/c1-12-16(14-5-3-2-4-6-14)19-17(18-12)15-9-7-13(11-20)8-10-15/h2-10,20H,11H2,1H3,(H,18,19). The van der Waals surface area contributed by atoms with E-state index < -0.39 is 0 Å². The fourth-order valence-corrected chi connectivity index (χ4v) is 2.24. The number of nitrogens with zero attached hydrogens (tertiary/aromatic N) is 1. The second-order valence-electron chi connectivity index (χ2n) is 4.78. The third-order valence-corrected chi connectivity index (χ3v) is 3.34. The summed E-state index contributed by atoms with van der Waals surface area (Å²) in [6.07, 6.45) is 0. The molecule has 1 heterocycles. The molecule has 3 nitrogen and oxygen atoms in total. The normalized spacial score (nSPS) is 10.7. The highest BCUT2D eigenvalue weighted by Gasteiger charge is 2.09. The molecule has 0 aliphatic carbocycles. The van der Waals surface area contributed by atoms with Crippen molar-refractivity contribution in [2.24, 2.45) is 0 Å². The average Bonchev–Trinajstić information content (AvgIpc) is 2.90. The molecule has 2 N–H and O–H groups in total. The lowest BCUT2D eigenvalue weighted by Gasteiger charge is -1.99. The predicted molar refractivity (Wildman–Crippen MR) is 80.1 cm³/mol. The van der Waals surface area contributed by atoms with Crippen LogP contribution in [0.5, 0.6) is 0 Å². The second kappa shape index (κ2) is 5.31. The quantitative estimate of drug-likeness (QED) is 0.760. The molecule has 3 rings (SSSR count). The molecular weight excluding hydrogens is 248 g/mol. The molecule has 0 aliphatic heterocycles. The summed E-state index contributed by atoms with van der Waals surface area (Å²) in [7, 11) is 0. The monoisotopic (exact) mass is 264 g/mol. The number of aryl methyl sites for hydroxylation is 1. The summed E-state index contributed by atoms with van der Waals surface area (Å²) in [5.74, 6) is 0.853. The van der Waals surface area contributed by atoms with Crippen molar-refractivity contribution in [1.82, 2.24) is 9.97 Å². The highest BCUT2D eigenvalue weighted by atomic mass is 16.3. The van der Waals surface area contributed by atoms with Gasteiger partial charge in [0.15, 0.2) is 0 Å². The first kappa shape index (κ1) is 12.6. The minimum Gasteiger partial charge on any atom is -0.392 e. The maximum Gasteiger partial charge on any atom is 0.138 e. The first-order valence-corrected chi connectivity index (χ1v) is 6.60. The molecule has 0 spiro atoms. The van der Waals surface area contributed by atoms with Gasteiger partial charge in [-0.2, -0.15) is 0 Å². The van der Waals surface area contributed by atoms with E-state index in [1.165, 1.54) is 0 Å². The topological polar surface area (TPSA) is 48.9 Å². The lowest BCUT2D eigenvalue weighted by atomic mass is 10.1. The number of hydrogen-bond acceptors (Lipinski definition) is 2. The van der Waals surface area contributed by atoms with E-state index in [-0.39, 0.29) is 6.61 Å². The van der Waals surface area contributed by atoms with Crippen molar-refractivity contribution in [1.29, 1.82) is 0 Å². The van der Waals surface area contributed by atoms with Gasteiger partial charge in [0.1, 0.15) is 5.82 Å². The van der Waals surface area contributed by atoms with Crippen LogP contribution in [0.15, 0.2) is 54.6 Å². The zero-order valence-corrected chi connectivity index (χ0v) is 11.3. The van der Waals surface area contributed by atoms with Crippen molar-refractivity contribution in [2.45, 2.75) is 13.5 Å². The van der Waals surface area contributed by atoms with E-state index in [2.05, 4.69) is 22.1 Å². The lowest BCUT2D eigenvalue weighted by Crippen LogP contribution is -1.84. The van der Waals surface area contributed by atoms with Crippen molar-refractivity contribution in [3.63, 3.8) is 0 Å². The summed E-state index contributed by atoms with van der Waals surface area (Å²) < 4.78 is 0. The Balaban J connectivity index is 2.00. The molecule has 0 aliphatic rings. The minimum absolute atomic E-state index is 0.0622. The van der Waals surface area contributed by atoms with Crippen LogP contribution in [0.1, 0.15) is 11.3 Å². The minimum atomic E-state index is 0.0622. The molecule has 3 heteroatoms. The molecule has 0 bridgehead atoms. The number of benzene rings is 2. The largest absolute Gasteiger partial charge is 0.392 e. The number of aromatic amines is 1. The Labute approximate surface area is 117 Å². The van der Waals surface area contributed by atoms with Crippen LogP contribution in [-0.4, -0.2) is 15.1 Å². The Morgan fingerprint density at radius 2 is 1.65 bits per heavy atom. The van der Waals surface area contributed by atoms with Crippen molar-refractivity contribution in [2.75, 3.05) is 0 Å². The summed E-state index contributed by atoms with van der Waals surface area (Å²) in [6.45, 7) is 2.09. The average molecular weight is 264 g/mol. The molecule has 1 aromatic heterocycles. The van der Waals surface area contributed by atoms with Gasteiger partial charge in [-0.05, 0) is 12.5 Å². The molecule has 0 amide bonds. The third-order valence-electron chi connectivity index (χ3n) is 3.34. The van der Waals surface area contributed by atoms with E-state index in [4.69, 9.17) is 5.11 Å². The van der Waals surface area contributed by atoms with Crippen LogP contribution in [0.4, 0.5) is 0 Å². The fraction of sp³-hybridized carbons (Fsp3) is 0.118. The van der Waals surface area contributed by atoms with Crippen LogP contribution in [0.2, 0.25) is 0 Å². The number of H-pyrrole nitrogens is 1. The molecular formula is C17H16N2O. The van der Waals surface area contributed by atoms with Crippen LogP contribution in [0, 0.1) is 6.92 Å². The molecule has 0 unspecified atom stereocenters. The molecule has 0 radical (unpaired) electrons. The van der Waals surface area contributed by atoms with E-state index in [0.717, 1.165) is 33.9 Å². The smallest absolute Gasteiger partial charge is 0.138 e. The van der Waals surface area contributed by atoms with E-state index in [1.807, 2.05) is 49.4 Å². The van der Waals surface area contributed by atoms with Crippen molar-refractivity contribution >= 4 is 0 Å². The van der Waals surface area contributed by atoms with Gasteiger partial charge >= 0.3 is 0 Å². The van der Waals surface area contributed by atoms with E-state index >= 15 is 0 Å². The highest BCUT2D eigenvalue weighted by Crippen LogP contribution is 2.25. The first-order chi connectivity index (χ1) is 9.78. The SMILES string of the molecule is Cc1[nH]c(-c2ccc(CO)cc2)nc1-c1ccccc1. The maximum atomic E-state index is 9.07. The number of aliphatic hydroxyl groups excluding tert-OH is 1. The lowest BCUT2D eigenvalue weighted by molar-refractivity contribution is 0.282. The van der Waals surface area contributed by atoms with Crippen LogP contribution in [0.3, 0.4) is 0 Å². The van der Waals surface area contributed by atoms with Crippen LogP contribution in [0.25, 0.3) is 22.6 Å². The number of nitrogens with one attached hydrogen (secondary N) is 1. The Kier molecular flexibility index (Phi) is 3.35. The van der Waals surface area contributed by atoms with Crippen molar-refractivity contribution in [3.05, 3.63) is 65.9 Å². The molecule has 0 fully saturated rings. The van der Waals surface area contributed by atoms with Gasteiger partial charge in [0, 0.05) is 16.8 Å². The Bertz CT molecular complexity index is 700. The van der Waals surface area contributed by atoms with Crippen LogP contribution < -0.4 is 0 Å². The van der Waals surface area contributed by atoms with Gasteiger partial charge in [-0.15, -0.1) is 0 Å². The number of imidazole rings is 1. The van der Waals surface area contributed by atoms with Crippen molar-refractivity contribution < 1.29 is 5.11 Å². The zero-order valence-electron chi connectivity index (χ0n) is 11.3. The summed E-state index contributed by atoms with van der Waals surface area (Å²) in [4.78, 5) is 8.01. The van der Waals surface area contributed by atoms with Gasteiger partial charge in [-0.3, -0.25) is 0 Å². The van der Waals surface area contributed by atoms with Gasteiger partial charge in [-0.25, -0.2) is 4.98 Å². The predicted octanol–water partition coefficient (Wildman–Crippen LogP) is 3.54. The molecule has 0 saturated carbocycles. The Morgan fingerprint density at radius 1 is 0.950 bits per heavy atom.